The number of nitrogens with one attached hydrogen (secondary N) is 1. The Kier molecular flexibility index (Phi) is 19.2. The Morgan fingerprint density at radius 1 is 0.828 bits per heavy atom. The first-order valence-corrected chi connectivity index (χ1v) is 20.9. The van der Waals surface area contributed by atoms with Gasteiger partial charge in [-0.05, 0) is 74.0 Å². The number of phenols is 2. The summed E-state index contributed by atoms with van der Waals surface area (Å²) in [7, 11) is 1.47. The first kappa shape index (κ1) is 47.5. The molecule has 3 rings (SSSR count). The molecule has 13 heteroatoms. The summed E-state index contributed by atoms with van der Waals surface area (Å²) in [6.07, 6.45) is 7.45. The van der Waals surface area contributed by atoms with Crippen molar-refractivity contribution in [1.29, 1.82) is 0 Å². The second kappa shape index (κ2) is 23.5. The summed E-state index contributed by atoms with van der Waals surface area (Å²) in [6, 6.07) is 6.57. The highest BCUT2D eigenvalue weighted by molar-refractivity contribution is 5.97. The molecular weight excluding hydrogens is 741 g/mol. The lowest BCUT2D eigenvalue weighted by molar-refractivity contribution is -0.144. The first-order valence-electron chi connectivity index (χ1n) is 20.9. The van der Waals surface area contributed by atoms with E-state index in [2.05, 4.69) is 12.2 Å². The first-order chi connectivity index (χ1) is 27.6. The summed E-state index contributed by atoms with van der Waals surface area (Å²) >= 11 is 0. The Balaban J connectivity index is 1.95. The lowest BCUT2D eigenvalue weighted by Gasteiger charge is -2.32. The van der Waals surface area contributed by atoms with Crippen LogP contribution in [0.5, 0.6) is 11.5 Å². The maximum atomic E-state index is 14.4. The predicted molar refractivity (Wildman–Crippen MR) is 221 cm³/mol. The second-order valence-corrected chi connectivity index (χ2v) is 16.1. The van der Waals surface area contributed by atoms with Crippen molar-refractivity contribution in [3.05, 3.63) is 47.5 Å². The van der Waals surface area contributed by atoms with Crippen LogP contribution in [0.4, 0.5) is 0 Å². The number of amides is 3. The van der Waals surface area contributed by atoms with E-state index in [-0.39, 0.29) is 66.3 Å². The fourth-order valence-electron chi connectivity index (χ4n) is 7.51. The van der Waals surface area contributed by atoms with Gasteiger partial charge in [0.25, 0.3) is 0 Å². The van der Waals surface area contributed by atoms with E-state index in [1.54, 1.807) is 12.1 Å². The largest absolute Gasteiger partial charge is 0.507 e. The van der Waals surface area contributed by atoms with Crippen LogP contribution in [0.3, 0.4) is 0 Å². The van der Waals surface area contributed by atoms with E-state index >= 15 is 0 Å². The van der Waals surface area contributed by atoms with E-state index in [0.29, 0.717) is 56.2 Å². The van der Waals surface area contributed by atoms with Crippen molar-refractivity contribution in [1.82, 2.24) is 10.2 Å². The van der Waals surface area contributed by atoms with E-state index in [1.807, 2.05) is 0 Å². The summed E-state index contributed by atoms with van der Waals surface area (Å²) in [4.78, 5) is 94.7. The number of likely N-dealkylation sites (N-methyl/N-ethyl adjacent to an activating group) is 1. The lowest BCUT2D eigenvalue weighted by Crippen LogP contribution is -2.46. The van der Waals surface area contributed by atoms with Gasteiger partial charge in [0.2, 0.25) is 17.7 Å². The topological polar surface area (TPSA) is 227 Å². The smallest absolute Gasteiger partial charge is 0.226 e. The van der Waals surface area contributed by atoms with Crippen LogP contribution in [0.25, 0.3) is 11.1 Å². The highest BCUT2D eigenvalue weighted by Crippen LogP contribution is 2.39. The number of primary amides is 1. The molecule has 4 bridgehead atoms. The number of aromatic hydroxyl groups is 2. The molecule has 318 valence electrons. The zero-order valence-corrected chi connectivity index (χ0v) is 34.7. The van der Waals surface area contributed by atoms with Gasteiger partial charge in [-0.25, -0.2) is 0 Å². The molecule has 0 saturated heterocycles. The molecule has 0 fully saturated rings. The van der Waals surface area contributed by atoms with Crippen LogP contribution in [0.1, 0.15) is 134 Å². The standard InChI is InChI=1S/C45H64N4O9/c1-5-6-7-8-9-14-33(50)15-12-16-34(51)26-32(13-10-11-21-46)45(58)49(4)42-31-18-20-39(53)36(27-31)35-24-30(17-19-38(35)52)25-37(40(54)22-28(2)43(47)56)48-44(57)29(3)23-41(42)55/h17-20,24,27-29,32,37,42,52-53H,5-16,21-23,25-26,46H2,1-4H3,(H2,47,56)(H,48,57)/t28-,29-,32-,37+,42+/m1/s1. The van der Waals surface area contributed by atoms with Gasteiger partial charge in [0, 0.05) is 74.5 Å². The molecule has 5 atom stereocenters. The molecule has 0 spiro atoms. The number of Topliss-reactive ketones (excluding diaryl/α,β-unsaturated/α-hetero) is 4. The molecule has 58 heavy (non-hydrogen) atoms. The molecular formula is C45H64N4O9. The van der Waals surface area contributed by atoms with Crippen molar-refractivity contribution in [2.75, 3.05) is 13.6 Å². The number of nitrogens with zero attached hydrogens (tertiary/aromatic N) is 1. The second-order valence-electron chi connectivity index (χ2n) is 16.1. The Morgan fingerprint density at radius 3 is 2.14 bits per heavy atom. The summed E-state index contributed by atoms with van der Waals surface area (Å²) < 4.78 is 0. The molecule has 13 nitrogen and oxygen atoms in total. The summed E-state index contributed by atoms with van der Waals surface area (Å²) in [5.74, 6) is -5.65. The molecule has 1 aliphatic rings. The van der Waals surface area contributed by atoms with Crippen molar-refractivity contribution in [2.45, 2.75) is 136 Å². The van der Waals surface area contributed by atoms with Gasteiger partial charge in [0.15, 0.2) is 11.6 Å². The number of ketones is 4. The van der Waals surface area contributed by atoms with Gasteiger partial charge in [-0.15, -0.1) is 0 Å². The number of nitrogens with two attached hydrogens (primary N) is 2. The van der Waals surface area contributed by atoms with Gasteiger partial charge >= 0.3 is 0 Å². The van der Waals surface area contributed by atoms with Gasteiger partial charge in [-0.1, -0.05) is 65.0 Å². The Labute approximate surface area is 342 Å². The molecule has 2 aromatic rings. The third-order valence-electron chi connectivity index (χ3n) is 11.1. The highest BCUT2D eigenvalue weighted by atomic mass is 16.3. The maximum absolute atomic E-state index is 14.4. The van der Waals surface area contributed by atoms with Gasteiger partial charge in [-0.2, -0.15) is 0 Å². The molecule has 2 aromatic carbocycles. The van der Waals surface area contributed by atoms with Crippen molar-refractivity contribution < 1.29 is 43.8 Å². The number of rotatable bonds is 22. The van der Waals surface area contributed by atoms with Crippen molar-refractivity contribution in [3.8, 4) is 22.6 Å². The third kappa shape index (κ3) is 14.2. The number of fused-ring (bicyclic) bond motifs is 5. The van der Waals surface area contributed by atoms with Gasteiger partial charge < -0.3 is 31.9 Å². The van der Waals surface area contributed by atoms with Gasteiger partial charge in [-0.3, -0.25) is 33.6 Å². The number of unbranched alkanes of at least 4 members (excludes halogenated alkanes) is 5. The normalized spacial score (nSPS) is 18.1. The molecule has 1 aliphatic heterocycles. The Hall–Kier alpha value is -4.91. The van der Waals surface area contributed by atoms with Gasteiger partial charge in [0.1, 0.15) is 29.1 Å². The zero-order valence-electron chi connectivity index (χ0n) is 34.7. The maximum Gasteiger partial charge on any atom is 0.226 e. The monoisotopic (exact) mass is 804 g/mol. The minimum atomic E-state index is -1.26. The molecule has 0 aromatic heterocycles. The van der Waals surface area contributed by atoms with E-state index in [1.165, 1.54) is 50.1 Å². The molecule has 0 radical (unpaired) electrons. The number of benzene rings is 2. The molecule has 3 amide bonds. The Morgan fingerprint density at radius 2 is 1.47 bits per heavy atom. The number of phenolic OH excluding ortho intramolecular Hbond substituents is 2. The molecule has 0 saturated carbocycles. The quantitative estimate of drug-likeness (QED) is 0.0901. The van der Waals surface area contributed by atoms with E-state index in [4.69, 9.17) is 11.5 Å². The van der Waals surface area contributed by atoms with Crippen molar-refractivity contribution in [3.63, 3.8) is 0 Å². The van der Waals surface area contributed by atoms with Gasteiger partial charge in [0.05, 0.1) is 6.04 Å². The summed E-state index contributed by atoms with van der Waals surface area (Å²) in [6.45, 7) is 5.58. The highest BCUT2D eigenvalue weighted by Gasteiger charge is 2.36. The van der Waals surface area contributed by atoms with E-state index in [0.717, 1.165) is 32.1 Å². The minimum absolute atomic E-state index is 0.00990. The number of carbonyl (C=O) groups is 7. The summed E-state index contributed by atoms with van der Waals surface area (Å²) in [5, 5.41) is 24.8. The van der Waals surface area contributed by atoms with Crippen LogP contribution in [0.2, 0.25) is 0 Å². The molecule has 0 aliphatic carbocycles. The van der Waals surface area contributed by atoms with E-state index in [9.17, 15) is 43.8 Å². The molecule has 7 N–H and O–H groups in total. The number of carbonyl (C=O) groups excluding carboxylic acids is 7. The van der Waals surface area contributed by atoms with Crippen LogP contribution >= 0.6 is 0 Å². The molecule has 1 heterocycles. The zero-order chi connectivity index (χ0) is 42.9. The average molecular weight is 805 g/mol. The van der Waals surface area contributed by atoms with Crippen LogP contribution in [0.15, 0.2) is 36.4 Å². The van der Waals surface area contributed by atoms with Crippen molar-refractivity contribution in [2.24, 2.45) is 29.2 Å². The predicted octanol–water partition coefficient (Wildman–Crippen LogP) is 5.79. The minimum Gasteiger partial charge on any atom is -0.507 e. The lowest BCUT2D eigenvalue weighted by atomic mass is 9.87. The van der Waals surface area contributed by atoms with Crippen LogP contribution in [-0.2, 0) is 40.0 Å². The fourth-order valence-corrected chi connectivity index (χ4v) is 7.51. The van der Waals surface area contributed by atoms with E-state index < -0.39 is 59.1 Å². The van der Waals surface area contributed by atoms with Crippen LogP contribution < -0.4 is 16.8 Å². The fraction of sp³-hybridized carbons (Fsp3) is 0.578. The SMILES string of the molecule is CCCCCCCC(=O)CCCC(=O)C[C@@H](CCCCN)C(=O)N(C)[C@@H]1C(=O)C[C@@H](C)C(=O)N[C@H](C(=O)C[C@@H](C)C(N)=O)Cc2ccc(O)c(c2)-c2cc1ccc2O. The van der Waals surface area contributed by atoms with Crippen LogP contribution in [0, 0.1) is 17.8 Å². The summed E-state index contributed by atoms with van der Waals surface area (Å²) in [5.41, 5.74) is 12.4. The number of hydrogen-bond donors (Lipinski definition) is 5. The Bertz CT molecular complexity index is 1780. The molecule has 0 unspecified atom stereocenters. The number of hydrogen-bond acceptors (Lipinski definition) is 10. The average Bonchev–Trinajstić information content (AvgIpc) is 3.17. The van der Waals surface area contributed by atoms with Crippen molar-refractivity contribution >= 4 is 40.9 Å². The third-order valence-corrected chi connectivity index (χ3v) is 11.1. The van der Waals surface area contributed by atoms with Crippen LogP contribution in [-0.4, -0.2) is 75.6 Å².